The Hall–Kier alpha value is -1.79. The van der Waals surface area contributed by atoms with Gasteiger partial charge in [0.15, 0.2) is 0 Å². The summed E-state index contributed by atoms with van der Waals surface area (Å²) in [6.07, 6.45) is 3.28. The van der Waals surface area contributed by atoms with Crippen LogP contribution in [0.3, 0.4) is 0 Å². The lowest BCUT2D eigenvalue weighted by molar-refractivity contribution is -0.137. The van der Waals surface area contributed by atoms with E-state index in [9.17, 15) is 14.4 Å². The number of aliphatic carboxylic acids is 1. The second-order valence-corrected chi connectivity index (χ2v) is 2.88. The SMILES string of the molecule is CCCCCC(=O)O.O=c1[nH][nH]c(=O)[nH]1. The van der Waals surface area contributed by atoms with Gasteiger partial charge >= 0.3 is 17.3 Å². The van der Waals surface area contributed by atoms with Crippen LogP contribution in [0.15, 0.2) is 9.59 Å². The van der Waals surface area contributed by atoms with E-state index in [1.54, 1.807) is 0 Å². The maximum Gasteiger partial charge on any atom is 0.341 e. The zero-order valence-corrected chi connectivity index (χ0v) is 8.50. The number of hydrogen-bond acceptors (Lipinski definition) is 3. The average molecular weight is 217 g/mol. The Labute approximate surface area is 85.5 Å². The van der Waals surface area contributed by atoms with Crippen LogP contribution in [-0.4, -0.2) is 26.3 Å². The van der Waals surface area contributed by atoms with Crippen molar-refractivity contribution < 1.29 is 9.90 Å². The number of rotatable bonds is 4. The third-order valence-electron chi connectivity index (χ3n) is 1.51. The molecule has 1 heterocycles. The number of carboxylic acids is 1. The monoisotopic (exact) mass is 217 g/mol. The lowest BCUT2D eigenvalue weighted by atomic mass is 10.2. The second kappa shape index (κ2) is 7.60. The molecule has 1 rings (SSSR count). The molecule has 0 saturated carbocycles. The number of aromatic nitrogens is 3. The molecular formula is C8H15N3O4. The summed E-state index contributed by atoms with van der Waals surface area (Å²) in [5, 5.41) is 12.2. The standard InChI is InChI=1S/C6H12O2.C2H3N3O2/c1-2-3-4-5-6(7)8;6-1-3-2(7)5-4-1/h2-5H2,1H3,(H,7,8);(H3,3,4,5,6,7). The van der Waals surface area contributed by atoms with Crippen molar-refractivity contribution in [1.29, 1.82) is 0 Å². The summed E-state index contributed by atoms with van der Waals surface area (Å²) in [4.78, 5) is 31.7. The Morgan fingerprint density at radius 1 is 1.20 bits per heavy atom. The fourth-order valence-corrected chi connectivity index (χ4v) is 0.805. The van der Waals surface area contributed by atoms with Crippen LogP contribution in [0.4, 0.5) is 0 Å². The minimum Gasteiger partial charge on any atom is -0.481 e. The normalized spacial score (nSPS) is 9.13. The van der Waals surface area contributed by atoms with Gasteiger partial charge in [-0.1, -0.05) is 19.8 Å². The van der Waals surface area contributed by atoms with Gasteiger partial charge in [0.2, 0.25) is 0 Å². The number of hydrogen-bond donors (Lipinski definition) is 4. The minimum atomic E-state index is -0.682. The highest BCUT2D eigenvalue weighted by Crippen LogP contribution is 1.97. The van der Waals surface area contributed by atoms with E-state index in [4.69, 9.17) is 5.11 Å². The lowest BCUT2D eigenvalue weighted by Crippen LogP contribution is -2.07. The van der Waals surface area contributed by atoms with Crippen LogP contribution in [0.25, 0.3) is 0 Å². The molecule has 0 saturated heterocycles. The molecule has 0 aliphatic heterocycles. The molecule has 0 unspecified atom stereocenters. The van der Waals surface area contributed by atoms with Crippen molar-refractivity contribution in [3.8, 4) is 0 Å². The second-order valence-electron chi connectivity index (χ2n) is 2.88. The quantitative estimate of drug-likeness (QED) is 0.532. The summed E-state index contributed by atoms with van der Waals surface area (Å²) in [6.45, 7) is 2.06. The van der Waals surface area contributed by atoms with Crippen molar-refractivity contribution >= 4 is 5.97 Å². The molecule has 7 nitrogen and oxygen atoms in total. The maximum absolute atomic E-state index is 9.95. The topological polar surface area (TPSA) is 119 Å². The van der Waals surface area contributed by atoms with Gasteiger partial charge in [-0.3, -0.25) is 9.78 Å². The first-order valence-corrected chi connectivity index (χ1v) is 4.65. The van der Waals surface area contributed by atoms with Crippen LogP contribution in [0.1, 0.15) is 32.6 Å². The fraction of sp³-hybridized carbons (Fsp3) is 0.625. The van der Waals surface area contributed by atoms with E-state index in [0.717, 1.165) is 19.3 Å². The predicted molar refractivity (Wildman–Crippen MR) is 53.8 cm³/mol. The molecule has 0 aliphatic carbocycles. The first kappa shape index (κ1) is 13.2. The van der Waals surface area contributed by atoms with E-state index in [0.29, 0.717) is 6.42 Å². The highest BCUT2D eigenvalue weighted by atomic mass is 16.4. The molecule has 0 aliphatic rings. The molecule has 0 aromatic carbocycles. The largest absolute Gasteiger partial charge is 0.481 e. The molecule has 15 heavy (non-hydrogen) atoms. The van der Waals surface area contributed by atoms with Crippen LogP contribution >= 0.6 is 0 Å². The van der Waals surface area contributed by atoms with Crippen LogP contribution in [0.5, 0.6) is 0 Å². The van der Waals surface area contributed by atoms with Gasteiger partial charge in [-0.15, -0.1) is 0 Å². The van der Waals surface area contributed by atoms with Crippen molar-refractivity contribution in [2.24, 2.45) is 0 Å². The molecule has 0 amide bonds. The van der Waals surface area contributed by atoms with Gasteiger partial charge in [0.25, 0.3) is 0 Å². The van der Waals surface area contributed by atoms with E-state index < -0.39 is 17.3 Å². The summed E-state index contributed by atoms with van der Waals surface area (Å²) < 4.78 is 0. The first-order valence-electron chi connectivity index (χ1n) is 4.65. The summed E-state index contributed by atoms with van der Waals surface area (Å²) in [7, 11) is 0. The average Bonchev–Trinajstić information content (AvgIpc) is 2.51. The Morgan fingerprint density at radius 3 is 2.00 bits per heavy atom. The fourth-order valence-electron chi connectivity index (χ4n) is 0.805. The van der Waals surface area contributed by atoms with E-state index in [1.807, 2.05) is 15.2 Å². The molecule has 0 bridgehead atoms. The van der Waals surface area contributed by atoms with Crippen LogP contribution < -0.4 is 11.4 Å². The number of carboxylic acid groups (broad SMARTS) is 1. The molecule has 0 radical (unpaired) electrons. The summed E-state index contributed by atoms with van der Waals surface area (Å²) in [5.74, 6) is -0.682. The first-order chi connectivity index (χ1) is 7.06. The molecule has 7 heteroatoms. The Kier molecular flexibility index (Phi) is 6.69. The minimum absolute atomic E-state index is 0.327. The van der Waals surface area contributed by atoms with Crippen molar-refractivity contribution in [3.63, 3.8) is 0 Å². The van der Waals surface area contributed by atoms with E-state index >= 15 is 0 Å². The van der Waals surface area contributed by atoms with Gasteiger partial charge in [0, 0.05) is 6.42 Å². The van der Waals surface area contributed by atoms with Crippen molar-refractivity contribution in [2.45, 2.75) is 32.6 Å². The molecule has 4 N–H and O–H groups in total. The molecule has 86 valence electrons. The Balaban J connectivity index is 0.000000262. The lowest BCUT2D eigenvalue weighted by Gasteiger charge is -1.89. The number of unbranched alkanes of at least 4 members (excludes halogenated alkanes) is 2. The number of H-pyrrole nitrogens is 3. The zero-order chi connectivity index (χ0) is 11.7. The van der Waals surface area contributed by atoms with Crippen LogP contribution in [0.2, 0.25) is 0 Å². The number of carbonyl (C=O) groups is 1. The van der Waals surface area contributed by atoms with E-state index in [-0.39, 0.29) is 0 Å². The van der Waals surface area contributed by atoms with Gasteiger partial charge in [-0.05, 0) is 6.42 Å². The molecule has 1 aromatic rings. The maximum atomic E-state index is 9.95. The summed E-state index contributed by atoms with van der Waals surface area (Å²) in [5.41, 5.74) is -1.02. The summed E-state index contributed by atoms with van der Waals surface area (Å²) in [6, 6.07) is 0. The van der Waals surface area contributed by atoms with Gasteiger partial charge in [0.1, 0.15) is 0 Å². The third kappa shape index (κ3) is 8.54. The Morgan fingerprint density at radius 2 is 1.73 bits per heavy atom. The molecule has 0 spiro atoms. The molecule has 1 aromatic heterocycles. The molecular weight excluding hydrogens is 202 g/mol. The molecule has 0 fully saturated rings. The van der Waals surface area contributed by atoms with Gasteiger partial charge in [-0.25, -0.2) is 19.8 Å². The van der Waals surface area contributed by atoms with Crippen molar-refractivity contribution in [3.05, 3.63) is 21.0 Å². The smallest absolute Gasteiger partial charge is 0.341 e. The Bertz CT molecular complexity index is 351. The summed E-state index contributed by atoms with van der Waals surface area (Å²) >= 11 is 0. The highest BCUT2D eigenvalue weighted by Gasteiger charge is 1.92. The highest BCUT2D eigenvalue weighted by molar-refractivity contribution is 5.66. The number of nitrogens with one attached hydrogen (secondary N) is 3. The van der Waals surface area contributed by atoms with Crippen molar-refractivity contribution in [2.75, 3.05) is 0 Å². The van der Waals surface area contributed by atoms with E-state index in [2.05, 4.69) is 6.92 Å². The van der Waals surface area contributed by atoms with E-state index in [1.165, 1.54) is 0 Å². The predicted octanol–water partition coefficient (Wildman–Crippen LogP) is 0.0426. The zero-order valence-electron chi connectivity index (χ0n) is 8.50. The third-order valence-corrected chi connectivity index (χ3v) is 1.51. The van der Waals surface area contributed by atoms with Crippen LogP contribution in [-0.2, 0) is 4.79 Å². The van der Waals surface area contributed by atoms with Gasteiger partial charge in [-0.2, -0.15) is 0 Å². The molecule has 0 atom stereocenters. The van der Waals surface area contributed by atoms with Crippen LogP contribution in [0, 0.1) is 0 Å². The van der Waals surface area contributed by atoms with Gasteiger partial charge < -0.3 is 5.11 Å². The van der Waals surface area contributed by atoms with Crippen molar-refractivity contribution in [1.82, 2.24) is 15.2 Å². The number of aromatic amines is 3. The van der Waals surface area contributed by atoms with Gasteiger partial charge in [0.05, 0.1) is 0 Å².